The van der Waals surface area contributed by atoms with E-state index in [9.17, 15) is 9.18 Å². The van der Waals surface area contributed by atoms with Crippen LogP contribution in [-0.2, 0) is 4.74 Å². The molecule has 0 aliphatic heterocycles. The number of ether oxygens (including phenoxy) is 1. The molecule has 0 aromatic heterocycles. The Balaban J connectivity index is 2.80. The first-order valence-electron chi connectivity index (χ1n) is 4.49. The van der Waals surface area contributed by atoms with Crippen molar-refractivity contribution in [2.24, 2.45) is 0 Å². The highest BCUT2D eigenvalue weighted by molar-refractivity contribution is 6.04. The van der Waals surface area contributed by atoms with Gasteiger partial charge in [-0.1, -0.05) is 24.3 Å². The molecule has 0 fully saturated rings. The fraction of sp³-hybridized carbons (Fsp3) is 0.0833. The maximum atomic E-state index is 13.5. The molecule has 0 bridgehead atoms. The molecule has 0 saturated carbocycles. The predicted octanol–water partition coefficient (Wildman–Crippen LogP) is 2.77. The van der Waals surface area contributed by atoms with E-state index in [0.29, 0.717) is 10.8 Å². The Hall–Kier alpha value is -1.90. The Bertz CT molecular complexity index is 515. The summed E-state index contributed by atoms with van der Waals surface area (Å²) in [6, 6.07) is 9.70. The zero-order valence-corrected chi connectivity index (χ0v) is 8.16. The zero-order chi connectivity index (χ0) is 10.8. The number of rotatable bonds is 1. The van der Waals surface area contributed by atoms with Crippen molar-refractivity contribution in [3.05, 3.63) is 47.8 Å². The van der Waals surface area contributed by atoms with E-state index in [1.807, 2.05) is 0 Å². The van der Waals surface area contributed by atoms with Crippen LogP contribution < -0.4 is 0 Å². The second-order valence-corrected chi connectivity index (χ2v) is 3.14. The normalized spacial score (nSPS) is 10.3. The summed E-state index contributed by atoms with van der Waals surface area (Å²) < 4.78 is 18.1. The first kappa shape index (κ1) is 9.65. The van der Waals surface area contributed by atoms with Crippen molar-refractivity contribution in [1.29, 1.82) is 0 Å². The molecule has 2 rings (SSSR count). The second-order valence-electron chi connectivity index (χ2n) is 3.14. The maximum Gasteiger partial charge on any atom is 0.338 e. The lowest BCUT2D eigenvalue weighted by molar-refractivity contribution is 0.0602. The highest BCUT2D eigenvalue weighted by atomic mass is 19.1. The van der Waals surface area contributed by atoms with Crippen LogP contribution in [0.3, 0.4) is 0 Å². The molecule has 2 aromatic carbocycles. The Kier molecular flexibility index (Phi) is 2.37. The number of benzene rings is 2. The number of hydrogen-bond donors (Lipinski definition) is 0. The van der Waals surface area contributed by atoms with Crippen molar-refractivity contribution in [2.45, 2.75) is 0 Å². The van der Waals surface area contributed by atoms with Gasteiger partial charge in [0.1, 0.15) is 5.82 Å². The van der Waals surface area contributed by atoms with Gasteiger partial charge < -0.3 is 4.74 Å². The molecule has 0 unspecified atom stereocenters. The smallest absolute Gasteiger partial charge is 0.338 e. The van der Waals surface area contributed by atoms with Crippen molar-refractivity contribution < 1.29 is 13.9 Å². The minimum absolute atomic E-state index is 0.258. The average Bonchev–Trinajstić information content (AvgIpc) is 2.28. The molecule has 76 valence electrons. The highest BCUT2D eigenvalue weighted by Crippen LogP contribution is 2.22. The number of hydrogen-bond acceptors (Lipinski definition) is 2. The van der Waals surface area contributed by atoms with E-state index < -0.39 is 11.8 Å². The van der Waals surface area contributed by atoms with E-state index in [2.05, 4.69) is 4.74 Å². The summed E-state index contributed by atoms with van der Waals surface area (Å²) in [5.41, 5.74) is 0.258. The van der Waals surface area contributed by atoms with E-state index in [0.717, 1.165) is 0 Å². The van der Waals surface area contributed by atoms with E-state index in [1.165, 1.54) is 13.2 Å². The summed E-state index contributed by atoms with van der Waals surface area (Å²) in [4.78, 5) is 11.4. The molecular weight excluding hydrogens is 195 g/mol. The van der Waals surface area contributed by atoms with E-state index in [4.69, 9.17) is 0 Å². The molecule has 0 spiro atoms. The molecule has 3 heteroatoms. The van der Waals surface area contributed by atoms with Gasteiger partial charge in [-0.25, -0.2) is 9.18 Å². The van der Waals surface area contributed by atoms with Crippen molar-refractivity contribution in [3.8, 4) is 0 Å². The van der Waals surface area contributed by atoms with E-state index in [-0.39, 0.29) is 5.56 Å². The Morgan fingerprint density at radius 2 is 1.87 bits per heavy atom. The van der Waals surface area contributed by atoms with Crippen molar-refractivity contribution >= 4 is 16.7 Å². The topological polar surface area (TPSA) is 26.3 Å². The van der Waals surface area contributed by atoms with Crippen LogP contribution in [0, 0.1) is 5.82 Å². The lowest BCUT2D eigenvalue weighted by Crippen LogP contribution is -2.02. The van der Waals surface area contributed by atoms with E-state index >= 15 is 0 Å². The Labute approximate surface area is 86.3 Å². The number of carbonyl (C=O) groups excluding carboxylic acids is 1. The molecular formula is C12H9FO2. The minimum Gasteiger partial charge on any atom is -0.465 e. The molecule has 0 N–H and O–H groups in total. The summed E-state index contributed by atoms with van der Waals surface area (Å²) in [5.74, 6) is -0.931. The number of esters is 1. The monoisotopic (exact) mass is 204 g/mol. The summed E-state index contributed by atoms with van der Waals surface area (Å²) in [6.45, 7) is 0. The van der Waals surface area contributed by atoms with Crippen LogP contribution in [0.4, 0.5) is 4.39 Å². The predicted molar refractivity (Wildman–Crippen MR) is 55.2 cm³/mol. The van der Waals surface area contributed by atoms with Gasteiger partial charge in [-0.15, -0.1) is 0 Å². The summed E-state index contributed by atoms with van der Waals surface area (Å²) in [7, 11) is 1.28. The van der Waals surface area contributed by atoms with Gasteiger partial charge in [-0.05, 0) is 17.5 Å². The van der Waals surface area contributed by atoms with Crippen LogP contribution in [0.15, 0.2) is 36.4 Å². The lowest BCUT2D eigenvalue weighted by atomic mass is 10.0. The van der Waals surface area contributed by atoms with Crippen LogP contribution in [0.1, 0.15) is 10.4 Å². The first-order chi connectivity index (χ1) is 7.24. The standard InChI is InChI=1S/C12H9FO2/c1-15-12(14)9-6-2-4-8-5-3-7-10(13)11(8)9/h2-7H,1H3. The minimum atomic E-state index is -0.523. The molecule has 0 heterocycles. The van der Waals surface area contributed by atoms with Gasteiger partial charge in [0, 0.05) is 5.39 Å². The largest absolute Gasteiger partial charge is 0.465 e. The van der Waals surface area contributed by atoms with Gasteiger partial charge in [-0.2, -0.15) is 0 Å². The van der Waals surface area contributed by atoms with Crippen LogP contribution in [-0.4, -0.2) is 13.1 Å². The van der Waals surface area contributed by atoms with Crippen LogP contribution >= 0.6 is 0 Å². The molecule has 0 atom stereocenters. The second kappa shape index (κ2) is 3.69. The third kappa shape index (κ3) is 1.56. The van der Waals surface area contributed by atoms with Gasteiger partial charge in [0.25, 0.3) is 0 Å². The van der Waals surface area contributed by atoms with Crippen LogP contribution in [0.5, 0.6) is 0 Å². The quantitative estimate of drug-likeness (QED) is 0.667. The fourth-order valence-electron chi connectivity index (χ4n) is 1.58. The van der Waals surface area contributed by atoms with Gasteiger partial charge in [0.2, 0.25) is 0 Å². The number of fused-ring (bicyclic) bond motifs is 1. The van der Waals surface area contributed by atoms with Crippen LogP contribution in [0.25, 0.3) is 10.8 Å². The summed E-state index contributed by atoms with van der Waals surface area (Å²) in [6.07, 6.45) is 0. The Morgan fingerprint density at radius 1 is 1.20 bits per heavy atom. The number of halogens is 1. The third-order valence-electron chi connectivity index (χ3n) is 2.26. The average molecular weight is 204 g/mol. The lowest BCUT2D eigenvalue weighted by Gasteiger charge is -2.05. The molecule has 0 aliphatic carbocycles. The van der Waals surface area contributed by atoms with Crippen molar-refractivity contribution in [2.75, 3.05) is 7.11 Å². The molecule has 15 heavy (non-hydrogen) atoms. The molecule has 0 amide bonds. The third-order valence-corrected chi connectivity index (χ3v) is 2.26. The number of carbonyl (C=O) groups is 1. The van der Waals surface area contributed by atoms with Gasteiger partial charge in [0.05, 0.1) is 12.7 Å². The summed E-state index contributed by atoms with van der Waals surface area (Å²) in [5, 5.41) is 1.00. The fourth-order valence-corrected chi connectivity index (χ4v) is 1.58. The molecule has 2 nitrogen and oxygen atoms in total. The molecule has 2 aromatic rings. The van der Waals surface area contributed by atoms with Crippen LogP contribution in [0.2, 0.25) is 0 Å². The molecule has 0 saturated heterocycles. The van der Waals surface area contributed by atoms with Gasteiger partial charge >= 0.3 is 5.97 Å². The highest BCUT2D eigenvalue weighted by Gasteiger charge is 2.12. The molecule has 0 aliphatic rings. The van der Waals surface area contributed by atoms with Crippen molar-refractivity contribution in [3.63, 3.8) is 0 Å². The number of methoxy groups -OCH3 is 1. The molecule has 0 radical (unpaired) electrons. The SMILES string of the molecule is COC(=O)c1cccc2cccc(F)c12. The Morgan fingerprint density at radius 3 is 2.53 bits per heavy atom. The summed E-state index contributed by atoms with van der Waals surface area (Å²) >= 11 is 0. The van der Waals surface area contributed by atoms with Gasteiger partial charge in [0.15, 0.2) is 0 Å². The van der Waals surface area contributed by atoms with E-state index in [1.54, 1.807) is 30.3 Å². The zero-order valence-electron chi connectivity index (χ0n) is 8.16. The van der Waals surface area contributed by atoms with Gasteiger partial charge in [-0.3, -0.25) is 0 Å². The van der Waals surface area contributed by atoms with Crippen molar-refractivity contribution in [1.82, 2.24) is 0 Å². The maximum absolute atomic E-state index is 13.5. The first-order valence-corrected chi connectivity index (χ1v) is 4.49.